The Balaban J connectivity index is 1.89. The highest BCUT2D eigenvalue weighted by atomic mass is 32.2. The van der Waals surface area contributed by atoms with Crippen molar-refractivity contribution in [1.29, 1.82) is 0 Å². The van der Waals surface area contributed by atoms with Crippen LogP contribution in [0.1, 0.15) is 41.8 Å². The lowest BCUT2D eigenvalue weighted by Crippen LogP contribution is -2.23. The van der Waals surface area contributed by atoms with E-state index in [1.54, 1.807) is 0 Å². The molecule has 1 aliphatic rings. The molecule has 4 nitrogen and oxygen atoms in total. The average Bonchev–Trinajstić information content (AvgIpc) is 2.87. The van der Waals surface area contributed by atoms with Gasteiger partial charge in [0.2, 0.25) is 0 Å². The molecule has 0 fully saturated rings. The zero-order valence-electron chi connectivity index (χ0n) is 13.5. The Morgan fingerprint density at radius 2 is 1.96 bits per heavy atom. The fourth-order valence-electron chi connectivity index (χ4n) is 3.23. The Hall–Kier alpha value is -1.88. The lowest BCUT2D eigenvalue weighted by molar-refractivity contribution is 0.393. The Morgan fingerprint density at radius 3 is 2.61 bits per heavy atom. The molecule has 1 heterocycles. The number of sulfone groups is 1. The minimum Gasteiger partial charge on any atom is -0.361 e. The highest BCUT2D eigenvalue weighted by Crippen LogP contribution is 2.33. The van der Waals surface area contributed by atoms with Gasteiger partial charge in [0.15, 0.2) is 9.84 Å². The molecule has 3 rings (SSSR count). The highest BCUT2D eigenvalue weighted by Gasteiger charge is 2.28. The summed E-state index contributed by atoms with van der Waals surface area (Å²) in [5.74, 6) is 0.846. The summed E-state index contributed by atoms with van der Waals surface area (Å²) in [7, 11) is -3.21. The van der Waals surface area contributed by atoms with E-state index in [2.05, 4.69) is 5.16 Å². The van der Waals surface area contributed by atoms with Gasteiger partial charge in [-0.05, 0) is 44.2 Å². The molecule has 1 aromatic carbocycles. The zero-order chi connectivity index (χ0) is 16.4. The molecule has 0 radical (unpaired) electrons. The van der Waals surface area contributed by atoms with E-state index >= 15 is 0 Å². The van der Waals surface area contributed by atoms with Gasteiger partial charge in [-0.2, -0.15) is 0 Å². The van der Waals surface area contributed by atoms with E-state index in [1.807, 2.05) is 50.3 Å². The van der Waals surface area contributed by atoms with Crippen LogP contribution in [0.2, 0.25) is 0 Å². The van der Waals surface area contributed by atoms with Crippen molar-refractivity contribution in [1.82, 2.24) is 5.16 Å². The summed E-state index contributed by atoms with van der Waals surface area (Å²) in [6.45, 7) is 3.77. The van der Waals surface area contributed by atoms with Crippen molar-refractivity contribution in [3.63, 3.8) is 0 Å². The van der Waals surface area contributed by atoms with Crippen molar-refractivity contribution in [2.75, 3.05) is 0 Å². The first-order valence-electron chi connectivity index (χ1n) is 7.87. The number of allylic oxidation sites excluding steroid dienone is 1. The van der Waals surface area contributed by atoms with Crippen LogP contribution in [-0.2, 0) is 15.6 Å². The Labute approximate surface area is 137 Å². The largest absolute Gasteiger partial charge is 0.361 e. The van der Waals surface area contributed by atoms with Gasteiger partial charge in [-0.15, -0.1) is 0 Å². The molecule has 1 aliphatic carbocycles. The predicted molar refractivity (Wildman–Crippen MR) is 90.7 cm³/mol. The monoisotopic (exact) mass is 331 g/mol. The minimum absolute atomic E-state index is 0.0872. The van der Waals surface area contributed by atoms with Crippen molar-refractivity contribution in [2.24, 2.45) is 0 Å². The maximum Gasteiger partial charge on any atom is 0.160 e. The van der Waals surface area contributed by atoms with Crippen LogP contribution in [0.5, 0.6) is 0 Å². The summed E-state index contributed by atoms with van der Waals surface area (Å²) < 4.78 is 30.7. The third kappa shape index (κ3) is 3.39. The maximum absolute atomic E-state index is 12.8. The quantitative estimate of drug-likeness (QED) is 0.854. The summed E-state index contributed by atoms with van der Waals surface area (Å²) in [6, 6.07) is 9.36. The van der Waals surface area contributed by atoms with Gasteiger partial charge >= 0.3 is 0 Å². The summed E-state index contributed by atoms with van der Waals surface area (Å²) in [5, 5.41) is 3.55. The number of nitrogens with zero attached hydrogens (tertiary/aromatic N) is 1. The molecule has 2 aromatic rings. The van der Waals surface area contributed by atoms with Gasteiger partial charge in [0.25, 0.3) is 0 Å². The van der Waals surface area contributed by atoms with Crippen LogP contribution in [0.4, 0.5) is 0 Å². The summed E-state index contributed by atoms with van der Waals surface area (Å²) >= 11 is 0. The minimum atomic E-state index is -3.21. The molecule has 0 aliphatic heterocycles. The third-order valence-corrected chi connectivity index (χ3v) is 6.38. The molecule has 1 atom stereocenters. The van der Waals surface area contributed by atoms with Crippen molar-refractivity contribution < 1.29 is 12.9 Å². The van der Waals surface area contributed by atoms with Gasteiger partial charge in [0, 0.05) is 5.56 Å². The summed E-state index contributed by atoms with van der Waals surface area (Å²) in [5.41, 5.74) is 3.69. The van der Waals surface area contributed by atoms with E-state index in [0.717, 1.165) is 41.0 Å². The number of rotatable bonds is 4. The van der Waals surface area contributed by atoms with Gasteiger partial charge in [-0.25, -0.2) is 8.42 Å². The Morgan fingerprint density at radius 1 is 1.22 bits per heavy atom. The van der Waals surface area contributed by atoms with Crippen LogP contribution in [-0.4, -0.2) is 18.8 Å². The maximum atomic E-state index is 12.8. The first-order chi connectivity index (χ1) is 11.0. The third-order valence-electron chi connectivity index (χ3n) is 4.35. The fourth-order valence-corrected chi connectivity index (χ4v) is 5.00. The van der Waals surface area contributed by atoms with E-state index in [-0.39, 0.29) is 5.75 Å². The van der Waals surface area contributed by atoms with E-state index < -0.39 is 15.1 Å². The zero-order valence-corrected chi connectivity index (χ0v) is 14.3. The van der Waals surface area contributed by atoms with E-state index in [9.17, 15) is 8.42 Å². The van der Waals surface area contributed by atoms with Gasteiger partial charge < -0.3 is 4.52 Å². The van der Waals surface area contributed by atoms with Crippen LogP contribution in [0.25, 0.3) is 5.57 Å². The molecular formula is C18H21NO3S. The average molecular weight is 331 g/mol. The molecule has 1 aromatic heterocycles. The predicted octanol–water partition coefficient (Wildman–Crippen LogP) is 3.84. The van der Waals surface area contributed by atoms with Crippen LogP contribution in [0.15, 0.2) is 40.9 Å². The molecule has 0 bridgehead atoms. The number of hydrogen-bond acceptors (Lipinski definition) is 4. The number of aromatic nitrogens is 1. The van der Waals surface area contributed by atoms with Gasteiger partial charge in [0.1, 0.15) is 5.76 Å². The van der Waals surface area contributed by atoms with Crippen molar-refractivity contribution in [3.05, 3.63) is 59.0 Å². The van der Waals surface area contributed by atoms with Crippen molar-refractivity contribution >= 4 is 15.4 Å². The topological polar surface area (TPSA) is 60.2 Å². The van der Waals surface area contributed by atoms with Gasteiger partial charge in [-0.1, -0.05) is 41.6 Å². The van der Waals surface area contributed by atoms with E-state index in [4.69, 9.17) is 4.52 Å². The van der Waals surface area contributed by atoms with Gasteiger partial charge in [0.05, 0.1) is 16.7 Å². The molecule has 0 saturated carbocycles. The molecule has 23 heavy (non-hydrogen) atoms. The Kier molecular flexibility index (Phi) is 4.39. The molecule has 0 amide bonds. The Bertz CT molecular complexity index is 800. The van der Waals surface area contributed by atoms with Crippen molar-refractivity contribution in [3.8, 4) is 0 Å². The lowest BCUT2D eigenvalue weighted by atomic mass is 9.92. The smallest absolute Gasteiger partial charge is 0.160 e. The molecule has 1 unspecified atom stereocenters. The molecule has 122 valence electrons. The standard InChI is InChI=1S/C18H21NO3S/c1-13-18(14(2)22-19-13)16-9-6-10-17(11-16)23(20,21)12-15-7-4-3-5-8-15/h3-5,7-8,11,17H,6,9-10,12H2,1-2H3. The van der Waals surface area contributed by atoms with Crippen molar-refractivity contribution in [2.45, 2.75) is 44.1 Å². The highest BCUT2D eigenvalue weighted by molar-refractivity contribution is 7.91. The molecule has 0 saturated heterocycles. The second-order valence-electron chi connectivity index (χ2n) is 6.11. The first-order valence-corrected chi connectivity index (χ1v) is 9.58. The molecular weight excluding hydrogens is 310 g/mol. The van der Waals surface area contributed by atoms with E-state index in [0.29, 0.717) is 6.42 Å². The second kappa shape index (κ2) is 6.32. The molecule has 0 N–H and O–H groups in total. The van der Waals surface area contributed by atoms with E-state index in [1.165, 1.54) is 0 Å². The summed E-state index contributed by atoms with van der Waals surface area (Å²) in [6.07, 6.45) is 4.34. The van der Waals surface area contributed by atoms with Crippen LogP contribution < -0.4 is 0 Å². The van der Waals surface area contributed by atoms with Crippen LogP contribution >= 0.6 is 0 Å². The number of aryl methyl sites for hydroxylation is 2. The first kappa shape index (κ1) is 16.0. The lowest BCUT2D eigenvalue weighted by Gasteiger charge is -2.21. The second-order valence-corrected chi connectivity index (χ2v) is 8.33. The van der Waals surface area contributed by atoms with Crippen LogP contribution in [0, 0.1) is 13.8 Å². The van der Waals surface area contributed by atoms with Crippen LogP contribution in [0.3, 0.4) is 0 Å². The molecule has 0 spiro atoms. The SMILES string of the molecule is Cc1noc(C)c1C1=CC(S(=O)(=O)Cc2ccccc2)CCC1. The van der Waals surface area contributed by atoms with Gasteiger partial charge in [-0.3, -0.25) is 0 Å². The normalized spacial score (nSPS) is 18.7. The number of hydrogen-bond donors (Lipinski definition) is 0. The number of benzene rings is 1. The molecule has 5 heteroatoms. The fraction of sp³-hybridized carbons (Fsp3) is 0.389. The summed E-state index contributed by atoms with van der Waals surface area (Å²) in [4.78, 5) is 0.